The van der Waals surface area contributed by atoms with Crippen molar-refractivity contribution in [3.8, 4) is 16.9 Å². The van der Waals surface area contributed by atoms with Gasteiger partial charge in [-0.25, -0.2) is 13.2 Å². The third kappa shape index (κ3) is 4.10. The summed E-state index contributed by atoms with van der Waals surface area (Å²) in [5.74, 6) is -5.77. The molecule has 6 heteroatoms. The topological polar surface area (TPSA) is 9.23 Å². The summed E-state index contributed by atoms with van der Waals surface area (Å²) in [7, 11) is 0. The van der Waals surface area contributed by atoms with Gasteiger partial charge < -0.3 is 4.74 Å². The van der Waals surface area contributed by atoms with Crippen LogP contribution in [0, 0.1) is 17.5 Å². The van der Waals surface area contributed by atoms with Crippen molar-refractivity contribution in [1.82, 2.24) is 0 Å². The first-order valence-electron chi connectivity index (χ1n) is 8.21. The van der Waals surface area contributed by atoms with Gasteiger partial charge in [-0.2, -0.15) is 8.78 Å². The highest BCUT2D eigenvalue weighted by Gasteiger charge is 2.35. The summed E-state index contributed by atoms with van der Waals surface area (Å²) in [4.78, 5) is 0. The van der Waals surface area contributed by atoms with Crippen LogP contribution in [0.4, 0.5) is 22.0 Å². The lowest BCUT2D eigenvalue weighted by atomic mass is 10.0. The average Bonchev–Trinajstić information content (AvgIpc) is 2.66. The Morgan fingerprint density at radius 1 is 0.778 bits per heavy atom. The van der Waals surface area contributed by atoms with Gasteiger partial charge in [-0.15, -0.1) is 0 Å². The van der Waals surface area contributed by atoms with E-state index < -0.39 is 34.9 Å². The van der Waals surface area contributed by atoms with Gasteiger partial charge in [0.05, 0.1) is 5.56 Å². The normalized spacial score (nSPS) is 11.5. The lowest BCUT2D eigenvalue weighted by molar-refractivity contribution is -0.185. The van der Waals surface area contributed by atoms with E-state index in [-0.39, 0.29) is 0 Å². The van der Waals surface area contributed by atoms with Crippen molar-refractivity contribution in [3.05, 3.63) is 89.2 Å². The Bertz CT molecular complexity index is 911. The molecule has 3 rings (SSSR count). The van der Waals surface area contributed by atoms with Crippen LogP contribution in [0.5, 0.6) is 5.75 Å². The molecule has 0 saturated heterocycles. The lowest BCUT2D eigenvalue weighted by Gasteiger charge is -2.19. The monoisotopic (exact) mass is 378 g/mol. The van der Waals surface area contributed by atoms with Gasteiger partial charge in [-0.3, -0.25) is 0 Å². The van der Waals surface area contributed by atoms with E-state index in [1.165, 1.54) is 24.3 Å². The number of hydrogen-bond acceptors (Lipinski definition) is 1. The molecule has 3 aromatic rings. The number of aryl methyl sites for hydroxylation is 1. The molecule has 0 aliphatic rings. The largest absolute Gasteiger partial charge is 0.429 e. The minimum absolute atomic E-state index is 0.371. The molecule has 0 N–H and O–H groups in total. The minimum Gasteiger partial charge on any atom is -0.429 e. The number of alkyl halides is 2. The van der Waals surface area contributed by atoms with Gasteiger partial charge in [0, 0.05) is 12.1 Å². The summed E-state index contributed by atoms with van der Waals surface area (Å²) >= 11 is 0. The molecule has 0 aromatic heterocycles. The van der Waals surface area contributed by atoms with Crippen molar-refractivity contribution < 1.29 is 26.7 Å². The Kier molecular flexibility index (Phi) is 5.17. The quantitative estimate of drug-likeness (QED) is 0.366. The van der Waals surface area contributed by atoms with Crippen molar-refractivity contribution in [1.29, 1.82) is 0 Å². The summed E-state index contributed by atoms with van der Waals surface area (Å²) in [6.45, 7) is 2.03. The van der Waals surface area contributed by atoms with E-state index >= 15 is 0 Å². The molecule has 3 aromatic carbocycles. The molecule has 0 amide bonds. The molecule has 0 radical (unpaired) electrons. The van der Waals surface area contributed by atoms with Crippen LogP contribution < -0.4 is 4.74 Å². The summed E-state index contributed by atoms with van der Waals surface area (Å²) < 4.78 is 72.2. The van der Waals surface area contributed by atoms with Crippen LogP contribution in [0.3, 0.4) is 0 Å². The van der Waals surface area contributed by atoms with Gasteiger partial charge in [-0.1, -0.05) is 43.3 Å². The van der Waals surface area contributed by atoms with Crippen LogP contribution >= 0.6 is 0 Å². The molecule has 0 saturated carbocycles. The SMILES string of the molecule is CCc1ccc(-c2ccc(C(F)(F)Oc3cc(F)c(F)c(F)c3)cc2)cc1. The molecule has 0 spiro atoms. The van der Waals surface area contributed by atoms with Crippen molar-refractivity contribution in [2.24, 2.45) is 0 Å². The zero-order chi connectivity index (χ0) is 19.6. The molecule has 0 aliphatic heterocycles. The number of ether oxygens (including phenoxy) is 1. The molecule has 1 nitrogen and oxygen atoms in total. The highest BCUT2D eigenvalue weighted by Crippen LogP contribution is 2.34. The second kappa shape index (κ2) is 7.39. The van der Waals surface area contributed by atoms with Crippen molar-refractivity contribution in [3.63, 3.8) is 0 Å². The van der Waals surface area contributed by atoms with E-state index in [2.05, 4.69) is 4.74 Å². The summed E-state index contributed by atoms with van der Waals surface area (Å²) in [6.07, 6.45) is -2.95. The Hall–Kier alpha value is -2.89. The van der Waals surface area contributed by atoms with Gasteiger partial charge >= 0.3 is 6.11 Å². The Morgan fingerprint density at radius 2 is 1.26 bits per heavy atom. The first kappa shape index (κ1) is 18.9. The second-order valence-electron chi connectivity index (χ2n) is 5.95. The molecular weight excluding hydrogens is 363 g/mol. The van der Waals surface area contributed by atoms with Crippen LogP contribution in [0.1, 0.15) is 18.1 Å². The molecule has 0 heterocycles. The molecule has 0 aliphatic carbocycles. The van der Waals surface area contributed by atoms with Gasteiger partial charge in [0.2, 0.25) is 0 Å². The highest BCUT2D eigenvalue weighted by molar-refractivity contribution is 5.64. The van der Waals surface area contributed by atoms with Crippen LogP contribution in [0.2, 0.25) is 0 Å². The fourth-order valence-electron chi connectivity index (χ4n) is 2.59. The van der Waals surface area contributed by atoms with Crippen LogP contribution in [0.15, 0.2) is 60.7 Å². The van der Waals surface area contributed by atoms with Gasteiger partial charge in [-0.05, 0) is 35.2 Å². The maximum atomic E-state index is 14.3. The Balaban J connectivity index is 1.82. The van der Waals surface area contributed by atoms with E-state index in [0.717, 1.165) is 23.1 Å². The highest BCUT2D eigenvalue weighted by atomic mass is 19.3. The standard InChI is InChI=1S/C21H15F5O/c1-2-13-3-5-14(6-4-13)15-7-9-16(10-8-15)21(25,26)27-17-11-18(22)20(24)19(23)12-17/h3-12H,2H2,1H3. The van der Waals surface area contributed by atoms with E-state index in [0.29, 0.717) is 12.1 Å². The number of hydrogen-bond donors (Lipinski definition) is 0. The van der Waals surface area contributed by atoms with E-state index in [1.54, 1.807) is 0 Å². The van der Waals surface area contributed by atoms with E-state index in [4.69, 9.17) is 0 Å². The fraction of sp³-hybridized carbons (Fsp3) is 0.143. The molecular formula is C21H15F5O. The van der Waals surface area contributed by atoms with Gasteiger partial charge in [0.25, 0.3) is 0 Å². The maximum absolute atomic E-state index is 14.3. The third-order valence-electron chi connectivity index (χ3n) is 4.12. The summed E-state index contributed by atoms with van der Waals surface area (Å²) in [5.41, 5.74) is 2.26. The van der Waals surface area contributed by atoms with Gasteiger partial charge in [0.15, 0.2) is 17.5 Å². The molecule has 0 bridgehead atoms. The first-order valence-corrected chi connectivity index (χ1v) is 8.21. The van der Waals surface area contributed by atoms with Gasteiger partial charge in [0.1, 0.15) is 5.75 Å². The molecule has 0 atom stereocenters. The summed E-state index contributed by atoms with van der Waals surface area (Å²) in [6, 6.07) is 13.8. The Morgan fingerprint density at radius 3 is 1.74 bits per heavy atom. The minimum atomic E-state index is -3.85. The first-order chi connectivity index (χ1) is 12.8. The molecule has 0 fully saturated rings. The van der Waals surface area contributed by atoms with E-state index in [9.17, 15) is 22.0 Å². The number of rotatable bonds is 5. The molecule has 27 heavy (non-hydrogen) atoms. The predicted octanol–water partition coefficient (Wildman–Crippen LogP) is 6.46. The number of benzene rings is 3. The van der Waals surface area contributed by atoms with Crippen LogP contribution in [-0.2, 0) is 12.5 Å². The average molecular weight is 378 g/mol. The van der Waals surface area contributed by atoms with Crippen LogP contribution in [0.25, 0.3) is 11.1 Å². The van der Waals surface area contributed by atoms with E-state index in [1.807, 2.05) is 31.2 Å². The predicted molar refractivity (Wildman–Crippen MR) is 92.1 cm³/mol. The summed E-state index contributed by atoms with van der Waals surface area (Å²) in [5, 5.41) is 0. The lowest BCUT2D eigenvalue weighted by Crippen LogP contribution is -2.22. The second-order valence-corrected chi connectivity index (χ2v) is 5.95. The Labute approximate surface area is 153 Å². The number of halogens is 5. The molecule has 0 unspecified atom stereocenters. The fourth-order valence-corrected chi connectivity index (χ4v) is 2.59. The zero-order valence-electron chi connectivity index (χ0n) is 14.3. The smallest absolute Gasteiger partial charge is 0.426 e. The zero-order valence-corrected chi connectivity index (χ0v) is 14.3. The van der Waals surface area contributed by atoms with Crippen molar-refractivity contribution >= 4 is 0 Å². The third-order valence-corrected chi connectivity index (χ3v) is 4.12. The van der Waals surface area contributed by atoms with Crippen LogP contribution in [-0.4, -0.2) is 0 Å². The van der Waals surface area contributed by atoms with Crippen molar-refractivity contribution in [2.45, 2.75) is 19.5 Å². The molecule has 140 valence electrons. The maximum Gasteiger partial charge on any atom is 0.426 e. The van der Waals surface area contributed by atoms with Crippen molar-refractivity contribution in [2.75, 3.05) is 0 Å².